The van der Waals surface area contributed by atoms with E-state index in [0.717, 1.165) is 5.69 Å². The number of pyridine rings is 1. The van der Waals surface area contributed by atoms with Crippen molar-refractivity contribution in [3.63, 3.8) is 0 Å². The fourth-order valence-electron chi connectivity index (χ4n) is 1.58. The zero-order valence-corrected chi connectivity index (χ0v) is 10.0. The summed E-state index contributed by atoms with van der Waals surface area (Å²) in [5.41, 5.74) is 1.04. The molecule has 18 heavy (non-hydrogen) atoms. The molecule has 2 rings (SSSR count). The standard InChI is InChI=1S/C14H14FNO2/c1-10(17)13-6-5-12(8-14(13)15)18-9-11-4-2-3-7-16-11/h2-8,10,17H,9H2,1H3/t10-/m0/s1. The molecule has 0 unspecified atom stereocenters. The average Bonchev–Trinajstić information content (AvgIpc) is 2.37. The van der Waals surface area contributed by atoms with E-state index in [4.69, 9.17) is 4.74 Å². The predicted molar refractivity (Wildman–Crippen MR) is 65.6 cm³/mol. The second-order valence-electron chi connectivity index (χ2n) is 3.97. The van der Waals surface area contributed by atoms with Crippen LogP contribution in [0.15, 0.2) is 42.6 Å². The largest absolute Gasteiger partial charge is 0.487 e. The van der Waals surface area contributed by atoms with Gasteiger partial charge in [-0.3, -0.25) is 4.98 Å². The van der Waals surface area contributed by atoms with Crippen molar-refractivity contribution in [1.82, 2.24) is 4.98 Å². The maximum absolute atomic E-state index is 13.6. The van der Waals surface area contributed by atoms with Crippen LogP contribution in [0.25, 0.3) is 0 Å². The molecule has 1 heterocycles. The second kappa shape index (κ2) is 5.60. The molecule has 94 valence electrons. The third-order valence-electron chi connectivity index (χ3n) is 2.53. The molecule has 1 aromatic carbocycles. The van der Waals surface area contributed by atoms with Crippen LogP contribution in [-0.4, -0.2) is 10.1 Å². The number of benzene rings is 1. The zero-order valence-electron chi connectivity index (χ0n) is 10.0. The fourth-order valence-corrected chi connectivity index (χ4v) is 1.58. The monoisotopic (exact) mass is 247 g/mol. The van der Waals surface area contributed by atoms with Gasteiger partial charge in [-0.2, -0.15) is 0 Å². The lowest BCUT2D eigenvalue weighted by atomic mass is 10.1. The van der Waals surface area contributed by atoms with Crippen LogP contribution in [-0.2, 0) is 6.61 Å². The molecule has 0 aliphatic carbocycles. The number of rotatable bonds is 4. The lowest BCUT2D eigenvalue weighted by Gasteiger charge is -2.09. The minimum Gasteiger partial charge on any atom is -0.487 e. The number of hydrogen-bond acceptors (Lipinski definition) is 3. The van der Waals surface area contributed by atoms with Gasteiger partial charge in [0.25, 0.3) is 0 Å². The van der Waals surface area contributed by atoms with Crippen molar-refractivity contribution in [2.45, 2.75) is 19.6 Å². The Morgan fingerprint density at radius 3 is 2.78 bits per heavy atom. The summed E-state index contributed by atoms with van der Waals surface area (Å²) in [6.45, 7) is 1.81. The Hall–Kier alpha value is -1.94. The van der Waals surface area contributed by atoms with Gasteiger partial charge >= 0.3 is 0 Å². The van der Waals surface area contributed by atoms with Gasteiger partial charge in [0, 0.05) is 17.8 Å². The predicted octanol–water partition coefficient (Wildman–Crippen LogP) is 2.85. The van der Waals surface area contributed by atoms with E-state index in [9.17, 15) is 9.50 Å². The van der Waals surface area contributed by atoms with Gasteiger partial charge in [-0.1, -0.05) is 6.07 Å². The first kappa shape index (κ1) is 12.5. The van der Waals surface area contributed by atoms with Crippen molar-refractivity contribution >= 4 is 0 Å². The summed E-state index contributed by atoms with van der Waals surface area (Å²) >= 11 is 0. The molecule has 4 heteroatoms. The Bertz CT molecular complexity index is 514. The molecule has 0 aliphatic heterocycles. The van der Waals surface area contributed by atoms with Crippen LogP contribution in [0, 0.1) is 5.82 Å². The highest BCUT2D eigenvalue weighted by molar-refractivity contribution is 5.30. The summed E-state index contributed by atoms with van der Waals surface area (Å²) < 4.78 is 19.0. The summed E-state index contributed by atoms with van der Waals surface area (Å²) in [6.07, 6.45) is 0.852. The number of aliphatic hydroxyl groups excluding tert-OH is 1. The highest BCUT2D eigenvalue weighted by Gasteiger charge is 2.09. The minimum atomic E-state index is -0.824. The number of nitrogens with zero attached hydrogens (tertiary/aromatic N) is 1. The van der Waals surface area contributed by atoms with Gasteiger partial charge in [-0.05, 0) is 31.2 Å². The van der Waals surface area contributed by atoms with Crippen LogP contribution < -0.4 is 4.74 Å². The van der Waals surface area contributed by atoms with Crippen LogP contribution in [0.1, 0.15) is 24.3 Å². The molecule has 2 aromatic rings. The van der Waals surface area contributed by atoms with Gasteiger partial charge in [0.2, 0.25) is 0 Å². The summed E-state index contributed by atoms with van der Waals surface area (Å²) in [7, 11) is 0. The maximum Gasteiger partial charge on any atom is 0.132 e. The van der Waals surface area contributed by atoms with E-state index < -0.39 is 11.9 Å². The van der Waals surface area contributed by atoms with Crippen LogP contribution in [0.2, 0.25) is 0 Å². The smallest absolute Gasteiger partial charge is 0.132 e. The minimum absolute atomic E-state index is 0.264. The first-order chi connectivity index (χ1) is 8.66. The molecular formula is C14H14FNO2. The first-order valence-electron chi connectivity index (χ1n) is 5.67. The summed E-state index contributed by atoms with van der Waals surface area (Å²) in [5, 5.41) is 9.31. The van der Waals surface area contributed by atoms with Gasteiger partial charge < -0.3 is 9.84 Å². The summed E-state index contributed by atoms with van der Waals surface area (Å²) in [6, 6.07) is 9.94. The fraction of sp³-hybridized carbons (Fsp3) is 0.214. The number of hydrogen-bond donors (Lipinski definition) is 1. The van der Waals surface area contributed by atoms with Crippen LogP contribution in [0.5, 0.6) is 5.75 Å². The van der Waals surface area contributed by atoms with Crippen molar-refractivity contribution in [2.24, 2.45) is 0 Å². The van der Waals surface area contributed by atoms with Gasteiger partial charge in [-0.15, -0.1) is 0 Å². The first-order valence-corrected chi connectivity index (χ1v) is 5.67. The Kier molecular flexibility index (Phi) is 3.89. The molecule has 0 saturated heterocycles. The van der Waals surface area contributed by atoms with Crippen molar-refractivity contribution in [3.8, 4) is 5.75 Å². The Morgan fingerprint density at radius 2 is 2.17 bits per heavy atom. The molecule has 0 amide bonds. The second-order valence-corrected chi connectivity index (χ2v) is 3.97. The third-order valence-corrected chi connectivity index (χ3v) is 2.53. The topological polar surface area (TPSA) is 42.4 Å². The highest BCUT2D eigenvalue weighted by atomic mass is 19.1. The molecule has 3 nitrogen and oxygen atoms in total. The molecule has 0 aliphatic rings. The van der Waals surface area contributed by atoms with E-state index in [1.807, 2.05) is 18.2 Å². The van der Waals surface area contributed by atoms with Gasteiger partial charge in [0.1, 0.15) is 18.2 Å². The summed E-state index contributed by atoms with van der Waals surface area (Å²) in [5.74, 6) is -0.0499. The van der Waals surface area contributed by atoms with E-state index in [2.05, 4.69) is 4.98 Å². The normalized spacial score (nSPS) is 12.2. The Morgan fingerprint density at radius 1 is 1.33 bits per heavy atom. The van der Waals surface area contributed by atoms with E-state index >= 15 is 0 Å². The average molecular weight is 247 g/mol. The summed E-state index contributed by atoms with van der Waals surface area (Å²) in [4.78, 5) is 4.10. The van der Waals surface area contributed by atoms with E-state index in [-0.39, 0.29) is 12.2 Å². The quantitative estimate of drug-likeness (QED) is 0.903. The molecule has 0 radical (unpaired) electrons. The Labute approximate surface area is 105 Å². The van der Waals surface area contributed by atoms with E-state index in [0.29, 0.717) is 5.75 Å². The van der Waals surface area contributed by atoms with Crippen molar-refractivity contribution in [3.05, 3.63) is 59.7 Å². The number of halogens is 1. The molecule has 1 aromatic heterocycles. The van der Waals surface area contributed by atoms with Crippen LogP contribution >= 0.6 is 0 Å². The van der Waals surface area contributed by atoms with Gasteiger partial charge in [0.05, 0.1) is 11.8 Å². The van der Waals surface area contributed by atoms with E-state index in [1.165, 1.54) is 19.1 Å². The maximum atomic E-state index is 13.6. The number of aromatic nitrogens is 1. The molecule has 0 spiro atoms. The molecule has 1 atom stereocenters. The van der Waals surface area contributed by atoms with Crippen LogP contribution in [0.3, 0.4) is 0 Å². The van der Waals surface area contributed by atoms with E-state index in [1.54, 1.807) is 12.3 Å². The lowest BCUT2D eigenvalue weighted by molar-refractivity contribution is 0.193. The van der Waals surface area contributed by atoms with Crippen LogP contribution in [0.4, 0.5) is 4.39 Å². The third kappa shape index (κ3) is 3.05. The molecular weight excluding hydrogens is 233 g/mol. The molecule has 0 fully saturated rings. The van der Waals surface area contributed by atoms with Crippen molar-refractivity contribution in [2.75, 3.05) is 0 Å². The molecule has 0 saturated carbocycles. The number of ether oxygens (including phenoxy) is 1. The van der Waals surface area contributed by atoms with Crippen molar-refractivity contribution in [1.29, 1.82) is 0 Å². The zero-order chi connectivity index (χ0) is 13.0. The molecule has 0 bridgehead atoms. The highest BCUT2D eigenvalue weighted by Crippen LogP contribution is 2.22. The Balaban J connectivity index is 2.05. The SMILES string of the molecule is C[C@H](O)c1ccc(OCc2ccccn2)cc1F. The number of aliphatic hydroxyl groups is 1. The lowest BCUT2D eigenvalue weighted by Crippen LogP contribution is -2.00. The van der Waals surface area contributed by atoms with Gasteiger partial charge in [-0.25, -0.2) is 4.39 Å². The van der Waals surface area contributed by atoms with Gasteiger partial charge in [0.15, 0.2) is 0 Å². The molecule has 1 N–H and O–H groups in total. The van der Waals surface area contributed by atoms with Crippen molar-refractivity contribution < 1.29 is 14.2 Å².